The summed E-state index contributed by atoms with van der Waals surface area (Å²) in [5.41, 5.74) is 3.27. The largest absolute Gasteiger partial charge is 0.329 e. The zero-order chi connectivity index (χ0) is 21.0. The predicted molar refractivity (Wildman–Crippen MR) is 121 cm³/mol. The van der Waals surface area contributed by atoms with Gasteiger partial charge in [0.05, 0.1) is 6.21 Å². The van der Waals surface area contributed by atoms with Gasteiger partial charge in [0.25, 0.3) is 5.56 Å². The van der Waals surface area contributed by atoms with Gasteiger partial charge in [-0.15, -0.1) is 0 Å². The zero-order valence-corrected chi connectivity index (χ0v) is 18.0. The summed E-state index contributed by atoms with van der Waals surface area (Å²) < 4.78 is 3.61. The maximum Gasteiger partial charge on any atom is 0.329 e. The Kier molecular flexibility index (Phi) is 6.50. The molecule has 8 nitrogen and oxygen atoms in total. The van der Waals surface area contributed by atoms with Crippen LogP contribution in [-0.2, 0) is 13.6 Å². The Hall–Kier alpha value is -2.91. The van der Waals surface area contributed by atoms with Crippen LogP contribution in [0.15, 0.2) is 60.6 Å². The van der Waals surface area contributed by atoms with Gasteiger partial charge < -0.3 is 0 Å². The van der Waals surface area contributed by atoms with Gasteiger partial charge in [0, 0.05) is 23.1 Å². The van der Waals surface area contributed by atoms with Gasteiger partial charge in [-0.1, -0.05) is 48.0 Å². The molecule has 0 saturated heterocycles. The summed E-state index contributed by atoms with van der Waals surface area (Å²) in [5, 5.41) is 4.74. The first-order chi connectivity index (χ1) is 13.9. The van der Waals surface area contributed by atoms with Crippen LogP contribution in [0.1, 0.15) is 12.5 Å². The number of hydrogen-bond donors (Lipinski definition) is 2. The summed E-state index contributed by atoms with van der Waals surface area (Å²) in [6.07, 6.45) is 5.21. The predicted octanol–water partition coefficient (Wildman–Crippen LogP) is 3.40. The number of benzene rings is 1. The third-order valence-corrected chi connectivity index (χ3v) is 4.61. The highest BCUT2D eigenvalue weighted by molar-refractivity contribution is 9.12. The zero-order valence-electron chi connectivity index (χ0n) is 15.7. The molecular weight excluding hydrogens is 460 g/mol. The molecular formula is C19H18BrClN6O2. The molecule has 0 atom stereocenters. The van der Waals surface area contributed by atoms with Crippen LogP contribution in [0.2, 0.25) is 0 Å². The van der Waals surface area contributed by atoms with E-state index in [1.165, 1.54) is 11.6 Å². The Labute approximate surface area is 179 Å². The Morgan fingerprint density at radius 3 is 2.76 bits per heavy atom. The second-order valence-electron chi connectivity index (χ2n) is 6.14. The van der Waals surface area contributed by atoms with Crippen molar-refractivity contribution < 1.29 is 0 Å². The highest BCUT2D eigenvalue weighted by Gasteiger charge is 2.16. The molecule has 0 aliphatic carbocycles. The van der Waals surface area contributed by atoms with Crippen molar-refractivity contribution in [1.29, 1.82) is 0 Å². The fraction of sp³-hybridized carbons (Fsp3) is 0.158. The van der Waals surface area contributed by atoms with E-state index in [1.54, 1.807) is 23.8 Å². The lowest BCUT2D eigenvalue weighted by Crippen LogP contribution is -2.29. The van der Waals surface area contributed by atoms with Crippen LogP contribution in [0.25, 0.3) is 17.2 Å². The molecule has 150 valence electrons. The van der Waals surface area contributed by atoms with E-state index in [2.05, 4.69) is 36.4 Å². The van der Waals surface area contributed by atoms with Crippen LogP contribution < -0.4 is 16.7 Å². The molecule has 2 aromatic heterocycles. The van der Waals surface area contributed by atoms with Crippen LogP contribution in [-0.4, -0.2) is 25.3 Å². The summed E-state index contributed by atoms with van der Waals surface area (Å²) in [6, 6.07) is 9.76. The van der Waals surface area contributed by atoms with Gasteiger partial charge in [0.1, 0.15) is 0 Å². The summed E-state index contributed by atoms with van der Waals surface area (Å²) in [5.74, 6) is 0.303. The van der Waals surface area contributed by atoms with Crippen molar-refractivity contribution in [2.24, 2.45) is 12.1 Å². The highest BCUT2D eigenvalue weighted by atomic mass is 79.9. The Bertz CT molecular complexity index is 1230. The van der Waals surface area contributed by atoms with Crippen LogP contribution in [0, 0.1) is 0 Å². The van der Waals surface area contributed by atoms with E-state index < -0.39 is 11.2 Å². The average Bonchev–Trinajstić information content (AvgIpc) is 3.04. The van der Waals surface area contributed by atoms with E-state index in [0.29, 0.717) is 11.0 Å². The van der Waals surface area contributed by atoms with E-state index in [0.717, 1.165) is 10.0 Å². The van der Waals surface area contributed by atoms with Gasteiger partial charge in [-0.3, -0.25) is 18.9 Å². The van der Waals surface area contributed by atoms with Crippen molar-refractivity contribution in [2.45, 2.75) is 13.5 Å². The van der Waals surface area contributed by atoms with Gasteiger partial charge in [0.2, 0.25) is 5.95 Å². The number of aromatic nitrogens is 4. The van der Waals surface area contributed by atoms with Crippen molar-refractivity contribution in [3.63, 3.8) is 0 Å². The van der Waals surface area contributed by atoms with Crippen molar-refractivity contribution in [3.8, 4) is 0 Å². The van der Waals surface area contributed by atoms with Crippen LogP contribution in [0.5, 0.6) is 0 Å². The topological polar surface area (TPSA) is 97.1 Å². The lowest BCUT2D eigenvalue weighted by atomic mass is 10.2. The Balaban J connectivity index is 1.97. The highest BCUT2D eigenvalue weighted by Crippen LogP contribution is 2.17. The smallest absolute Gasteiger partial charge is 0.299 e. The maximum atomic E-state index is 12.3. The van der Waals surface area contributed by atoms with Crippen LogP contribution in [0.3, 0.4) is 0 Å². The summed E-state index contributed by atoms with van der Waals surface area (Å²) >= 11 is 9.38. The fourth-order valence-electron chi connectivity index (χ4n) is 2.61. The molecule has 2 heterocycles. The number of H-pyrrole nitrogens is 1. The first-order valence-corrected chi connectivity index (χ1v) is 9.77. The molecule has 0 radical (unpaired) electrons. The second kappa shape index (κ2) is 9.06. The van der Waals surface area contributed by atoms with Crippen LogP contribution in [0.4, 0.5) is 5.95 Å². The molecule has 3 rings (SSSR count). The molecule has 0 unspecified atom stereocenters. The van der Waals surface area contributed by atoms with Crippen molar-refractivity contribution >= 4 is 56.9 Å². The van der Waals surface area contributed by atoms with Crippen molar-refractivity contribution in [3.05, 3.63) is 72.3 Å². The number of aryl methyl sites for hydroxylation is 1. The number of rotatable bonds is 6. The number of allylic oxidation sites excluding steroid dienone is 3. The first-order valence-electron chi connectivity index (χ1n) is 8.60. The van der Waals surface area contributed by atoms with Crippen LogP contribution >= 0.6 is 27.5 Å². The molecule has 0 amide bonds. The van der Waals surface area contributed by atoms with E-state index in [4.69, 9.17) is 11.6 Å². The van der Waals surface area contributed by atoms with Crippen molar-refractivity contribution in [1.82, 2.24) is 19.1 Å². The van der Waals surface area contributed by atoms with Gasteiger partial charge >= 0.3 is 5.69 Å². The normalized spacial score (nSPS) is 12.8. The first kappa shape index (κ1) is 20.8. The number of anilines is 1. The minimum absolute atomic E-state index is 0.246. The molecule has 2 N–H and O–H groups in total. The molecule has 10 heteroatoms. The van der Waals surface area contributed by atoms with Crippen molar-refractivity contribution in [2.75, 3.05) is 5.43 Å². The molecule has 3 aromatic rings. The summed E-state index contributed by atoms with van der Waals surface area (Å²) in [6.45, 7) is 2.02. The lowest BCUT2D eigenvalue weighted by Gasteiger charge is -2.05. The SMILES string of the molecule is CC(Cl)=CCn1c(NN=CC(Br)=Cc2ccccc2)nc2c1c(=O)[nH]c(=O)n2C. The molecule has 0 aliphatic heterocycles. The number of nitrogens with one attached hydrogen (secondary N) is 2. The molecule has 1 aromatic carbocycles. The number of fused-ring (bicyclic) bond motifs is 1. The summed E-state index contributed by atoms with van der Waals surface area (Å²) in [4.78, 5) is 30.9. The minimum Gasteiger partial charge on any atom is -0.299 e. The van der Waals surface area contributed by atoms with Gasteiger partial charge in [-0.25, -0.2) is 10.2 Å². The lowest BCUT2D eigenvalue weighted by molar-refractivity contribution is 0.818. The van der Waals surface area contributed by atoms with E-state index in [1.807, 2.05) is 36.4 Å². The minimum atomic E-state index is -0.542. The Morgan fingerprint density at radius 2 is 2.07 bits per heavy atom. The number of aromatic amines is 1. The second-order valence-corrected chi connectivity index (χ2v) is 7.65. The summed E-state index contributed by atoms with van der Waals surface area (Å²) in [7, 11) is 1.53. The average molecular weight is 478 g/mol. The third kappa shape index (κ3) is 4.93. The quantitative estimate of drug-likeness (QED) is 0.420. The third-order valence-electron chi connectivity index (χ3n) is 4.02. The molecule has 0 fully saturated rings. The Morgan fingerprint density at radius 1 is 1.34 bits per heavy atom. The monoisotopic (exact) mass is 476 g/mol. The molecule has 0 aliphatic rings. The number of hydrogen-bond acceptors (Lipinski definition) is 5. The standard InChI is InChI=1S/C19H18BrClN6O2/c1-12(21)8-9-27-15-16(26(2)19(29)24-17(15)28)23-18(27)25-22-11-14(20)10-13-6-4-3-5-7-13/h3-8,10-11H,9H2,1-2H3,(H,23,25)(H,24,28,29). The number of halogens is 2. The van der Waals surface area contributed by atoms with E-state index >= 15 is 0 Å². The number of hydrazone groups is 1. The molecule has 29 heavy (non-hydrogen) atoms. The van der Waals surface area contributed by atoms with E-state index in [9.17, 15) is 9.59 Å². The fourth-order valence-corrected chi connectivity index (χ4v) is 3.05. The van der Waals surface area contributed by atoms with E-state index in [-0.39, 0.29) is 17.7 Å². The molecule has 0 bridgehead atoms. The van der Waals surface area contributed by atoms with Gasteiger partial charge in [0.15, 0.2) is 11.2 Å². The van der Waals surface area contributed by atoms with Gasteiger partial charge in [-0.2, -0.15) is 10.1 Å². The molecule has 0 spiro atoms. The number of nitrogens with zero attached hydrogens (tertiary/aromatic N) is 4. The van der Waals surface area contributed by atoms with Gasteiger partial charge in [-0.05, 0) is 34.5 Å². The molecule has 0 saturated carbocycles. The maximum absolute atomic E-state index is 12.3. The number of imidazole rings is 1.